The number of amides is 2. The number of halogens is 1. The molecule has 1 aliphatic heterocycles. The highest BCUT2D eigenvalue weighted by Gasteiger charge is 2.25. The van der Waals surface area contributed by atoms with Gasteiger partial charge in [-0.05, 0) is 55.3 Å². The lowest BCUT2D eigenvalue weighted by Gasteiger charge is -2.32. The molecule has 0 atom stereocenters. The average Bonchev–Trinajstić information content (AvgIpc) is 2.68. The van der Waals surface area contributed by atoms with Gasteiger partial charge in [-0.1, -0.05) is 6.07 Å². The Morgan fingerprint density at radius 3 is 2.38 bits per heavy atom. The predicted molar refractivity (Wildman–Crippen MR) is 95.8 cm³/mol. The summed E-state index contributed by atoms with van der Waals surface area (Å²) >= 11 is 0. The first-order chi connectivity index (χ1) is 12.6. The molecule has 2 aromatic carbocycles. The molecule has 136 valence electrons. The number of methoxy groups -OCH3 is 1. The summed E-state index contributed by atoms with van der Waals surface area (Å²) in [5, 5.41) is 2.92. The van der Waals surface area contributed by atoms with E-state index in [1.54, 1.807) is 42.3 Å². The number of piperidine rings is 1. The number of ether oxygens (including phenoxy) is 1. The summed E-state index contributed by atoms with van der Waals surface area (Å²) in [6, 6.07) is 12.6. The van der Waals surface area contributed by atoms with Crippen LogP contribution in [0, 0.1) is 5.82 Å². The number of hydrogen-bond donors (Lipinski definition) is 1. The largest absolute Gasteiger partial charge is 0.497 e. The molecule has 1 heterocycles. The van der Waals surface area contributed by atoms with Crippen LogP contribution < -0.4 is 10.1 Å². The van der Waals surface area contributed by atoms with Gasteiger partial charge < -0.3 is 15.0 Å². The summed E-state index contributed by atoms with van der Waals surface area (Å²) in [4.78, 5) is 26.5. The Labute approximate surface area is 151 Å². The number of rotatable bonds is 4. The number of nitrogens with zero attached hydrogens (tertiary/aromatic N) is 1. The minimum Gasteiger partial charge on any atom is -0.497 e. The van der Waals surface area contributed by atoms with Crippen LogP contribution in [0.5, 0.6) is 5.75 Å². The van der Waals surface area contributed by atoms with Crippen LogP contribution in [0.1, 0.15) is 33.6 Å². The van der Waals surface area contributed by atoms with Crippen molar-refractivity contribution in [2.24, 2.45) is 0 Å². The molecule has 0 saturated carbocycles. The van der Waals surface area contributed by atoms with E-state index in [0.29, 0.717) is 42.8 Å². The maximum atomic E-state index is 13.2. The normalized spacial score (nSPS) is 14.8. The van der Waals surface area contributed by atoms with Crippen molar-refractivity contribution >= 4 is 11.8 Å². The van der Waals surface area contributed by atoms with Gasteiger partial charge >= 0.3 is 0 Å². The molecule has 1 aliphatic rings. The Morgan fingerprint density at radius 2 is 1.77 bits per heavy atom. The summed E-state index contributed by atoms with van der Waals surface area (Å²) < 4.78 is 18.3. The van der Waals surface area contributed by atoms with Crippen molar-refractivity contribution in [1.82, 2.24) is 10.2 Å². The van der Waals surface area contributed by atoms with Crippen molar-refractivity contribution in [3.63, 3.8) is 0 Å². The third kappa shape index (κ3) is 4.20. The van der Waals surface area contributed by atoms with Gasteiger partial charge in [0.2, 0.25) is 0 Å². The molecule has 0 aliphatic carbocycles. The molecule has 1 fully saturated rings. The van der Waals surface area contributed by atoms with Gasteiger partial charge in [-0.3, -0.25) is 9.59 Å². The minimum atomic E-state index is -0.433. The van der Waals surface area contributed by atoms with Gasteiger partial charge in [0.05, 0.1) is 7.11 Å². The first-order valence-corrected chi connectivity index (χ1v) is 8.56. The molecular formula is C20H21FN2O3. The molecule has 0 radical (unpaired) electrons. The molecule has 3 rings (SSSR count). The lowest BCUT2D eigenvalue weighted by atomic mass is 10.0. The Hall–Kier alpha value is -2.89. The van der Waals surface area contributed by atoms with Gasteiger partial charge in [-0.2, -0.15) is 0 Å². The summed E-state index contributed by atoms with van der Waals surface area (Å²) in [5.74, 6) is -0.0372. The van der Waals surface area contributed by atoms with Gasteiger partial charge in [0.25, 0.3) is 11.8 Å². The van der Waals surface area contributed by atoms with Crippen LogP contribution >= 0.6 is 0 Å². The molecule has 0 aromatic heterocycles. The zero-order chi connectivity index (χ0) is 18.5. The maximum absolute atomic E-state index is 13.2. The van der Waals surface area contributed by atoms with E-state index in [1.165, 1.54) is 18.2 Å². The molecular weight excluding hydrogens is 335 g/mol. The summed E-state index contributed by atoms with van der Waals surface area (Å²) in [7, 11) is 1.58. The minimum absolute atomic E-state index is 0.0225. The van der Waals surface area contributed by atoms with Crippen LogP contribution in [0.25, 0.3) is 0 Å². The fourth-order valence-electron chi connectivity index (χ4n) is 3.04. The monoisotopic (exact) mass is 356 g/mol. The van der Waals surface area contributed by atoms with E-state index < -0.39 is 5.82 Å². The first kappa shape index (κ1) is 17.9. The lowest BCUT2D eigenvalue weighted by Crippen LogP contribution is -2.46. The van der Waals surface area contributed by atoms with Crippen molar-refractivity contribution in [1.29, 1.82) is 0 Å². The standard InChI is InChI=1S/C20H21FN2O3/c1-26-18-7-5-14(6-8-18)20(25)23-11-9-17(10-12-23)22-19(24)15-3-2-4-16(21)13-15/h2-8,13,17H,9-12H2,1H3,(H,22,24). The van der Waals surface area contributed by atoms with Crippen LogP contribution in [-0.4, -0.2) is 43.0 Å². The number of nitrogens with one attached hydrogen (secondary N) is 1. The number of likely N-dealkylation sites (tertiary alicyclic amines) is 1. The third-order valence-corrected chi connectivity index (χ3v) is 4.54. The SMILES string of the molecule is COc1ccc(C(=O)N2CCC(NC(=O)c3cccc(F)c3)CC2)cc1. The molecule has 1 N–H and O–H groups in total. The molecule has 0 unspecified atom stereocenters. The summed E-state index contributed by atoms with van der Waals surface area (Å²) in [5.41, 5.74) is 0.926. The Morgan fingerprint density at radius 1 is 1.08 bits per heavy atom. The number of carbonyl (C=O) groups excluding carboxylic acids is 2. The number of hydrogen-bond acceptors (Lipinski definition) is 3. The highest BCUT2D eigenvalue weighted by atomic mass is 19.1. The van der Waals surface area contributed by atoms with Crippen LogP contribution in [0.3, 0.4) is 0 Å². The Kier molecular flexibility index (Phi) is 5.51. The maximum Gasteiger partial charge on any atom is 0.253 e. The molecule has 6 heteroatoms. The predicted octanol–water partition coefficient (Wildman–Crippen LogP) is 2.87. The zero-order valence-electron chi connectivity index (χ0n) is 14.6. The molecule has 2 aromatic rings. The van der Waals surface area contributed by atoms with E-state index in [-0.39, 0.29) is 17.9 Å². The van der Waals surface area contributed by atoms with E-state index >= 15 is 0 Å². The van der Waals surface area contributed by atoms with Gasteiger partial charge in [-0.25, -0.2) is 4.39 Å². The molecule has 26 heavy (non-hydrogen) atoms. The lowest BCUT2D eigenvalue weighted by molar-refractivity contribution is 0.0698. The second-order valence-electron chi connectivity index (χ2n) is 6.28. The third-order valence-electron chi connectivity index (χ3n) is 4.54. The molecule has 2 amide bonds. The Balaban J connectivity index is 1.53. The fraction of sp³-hybridized carbons (Fsp3) is 0.300. The van der Waals surface area contributed by atoms with Crippen molar-refractivity contribution in [2.45, 2.75) is 18.9 Å². The Bertz CT molecular complexity index is 784. The van der Waals surface area contributed by atoms with Crippen molar-refractivity contribution < 1.29 is 18.7 Å². The van der Waals surface area contributed by atoms with E-state index in [1.807, 2.05) is 0 Å². The van der Waals surface area contributed by atoms with Crippen molar-refractivity contribution in [3.8, 4) is 5.75 Å². The summed E-state index contributed by atoms with van der Waals surface area (Å²) in [6.45, 7) is 1.14. The van der Waals surface area contributed by atoms with E-state index in [2.05, 4.69) is 5.32 Å². The fourth-order valence-corrected chi connectivity index (χ4v) is 3.04. The molecule has 5 nitrogen and oxygen atoms in total. The number of benzene rings is 2. The van der Waals surface area contributed by atoms with E-state index in [9.17, 15) is 14.0 Å². The van der Waals surface area contributed by atoms with Gasteiger partial charge in [0.1, 0.15) is 11.6 Å². The van der Waals surface area contributed by atoms with Gasteiger partial charge in [0, 0.05) is 30.3 Å². The highest BCUT2D eigenvalue weighted by Crippen LogP contribution is 2.17. The van der Waals surface area contributed by atoms with Crippen LogP contribution in [-0.2, 0) is 0 Å². The first-order valence-electron chi connectivity index (χ1n) is 8.56. The topological polar surface area (TPSA) is 58.6 Å². The summed E-state index contributed by atoms with van der Waals surface area (Å²) in [6.07, 6.45) is 1.34. The second-order valence-corrected chi connectivity index (χ2v) is 6.28. The van der Waals surface area contributed by atoms with Crippen molar-refractivity contribution in [2.75, 3.05) is 20.2 Å². The smallest absolute Gasteiger partial charge is 0.253 e. The molecule has 0 spiro atoms. The van der Waals surface area contributed by atoms with Crippen LogP contribution in [0.2, 0.25) is 0 Å². The van der Waals surface area contributed by atoms with Crippen LogP contribution in [0.15, 0.2) is 48.5 Å². The van der Waals surface area contributed by atoms with Crippen LogP contribution in [0.4, 0.5) is 4.39 Å². The van der Waals surface area contributed by atoms with Crippen molar-refractivity contribution in [3.05, 3.63) is 65.5 Å². The van der Waals surface area contributed by atoms with Gasteiger partial charge in [0.15, 0.2) is 0 Å². The molecule has 1 saturated heterocycles. The second kappa shape index (κ2) is 7.99. The van der Waals surface area contributed by atoms with Gasteiger partial charge in [-0.15, -0.1) is 0 Å². The average molecular weight is 356 g/mol. The highest BCUT2D eigenvalue weighted by molar-refractivity contribution is 5.95. The quantitative estimate of drug-likeness (QED) is 0.916. The van der Waals surface area contributed by atoms with E-state index in [0.717, 1.165) is 0 Å². The zero-order valence-corrected chi connectivity index (χ0v) is 14.6. The van der Waals surface area contributed by atoms with E-state index in [4.69, 9.17) is 4.74 Å². The molecule has 0 bridgehead atoms. The number of carbonyl (C=O) groups is 2.